The Balaban J connectivity index is 1.84. The number of hydrogen-bond acceptors (Lipinski definition) is 4. The molecule has 0 atom stereocenters. The molecule has 0 aliphatic carbocycles. The smallest absolute Gasteiger partial charge is 0.255 e. The Morgan fingerprint density at radius 1 is 1.46 bits per heavy atom. The average Bonchev–Trinajstić information content (AvgIpc) is 2.83. The minimum absolute atomic E-state index is 0.0177. The zero-order chi connectivity index (χ0) is 17.4. The van der Waals surface area contributed by atoms with Crippen LogP contribution in [0.15, 0.2) is 10.9 Å². The molecule has 1 aliphatic rings. The van der Waals surface area contributed by atoms with E-state index in [0.29, 0.717) is 12.2 Å². The molecule has 0 fully saturated rings. The molecule has 0 saturated carbocycles. The Morgan fingerprint density at radius 3 is 2.83 bits per heavy atom. The van der Waals surface area contributed by atoms with Gasteiger partial charge in [-0.1, -0.05) is 13.8 Å². The lowest BCUT2D eigenvalue weighted by Crippen LogP contribution is -2.36. The molecule has 1 aliphatic heterocycles. The summed E-state index contributed by atoms with van der Waals surface area (Å²) in [6.07, 6.45) is 0.788. The second-order valence-electron chi connectivity index (χ2n) is 6.80. The number of rotatable bonds is 3. The quantitative estimate of drug-likeness (QED) is 0.936. The Labute approximate surface area is 141 Å². The molecular formula is C18H23N5O. The fourth-order valence-electron chi connectivity index (χ4n) is 3.18. The van der Waals surface area contributed by atoms with Crippen molar-refractivity contribution in [3.8, 4) is 6.07 Å². The van der Waals surface area contributed by atoms with Crippen molar-refractivity contribution in [2.45, 2.75) is 46.2 Å². The molecule has 0 unspecified atom stereocenters. The molecule has 1 N–H and O–H groups in total. The SMILES string of the molecule is Cc1c(CN2CCc3nc(C(C)C)[nH]c(=O)c3C2)cc(C#N)n1C. The fraction of sp³-hybridized carbons (Fsp3) is 0.500. The molecule has 2 aromatic rings. The lowest BCUT2D eigenvalue weighted by atomic mass is 10.1. The molecule has 0 spiro atoms. The fourth-order valence-corrected chi connectivity index (χ4v) is 3.18. The standard InChI is InChI=1S/C18H23N5O/c1-11(2)17-20-16-5-6-23(10-15(16)18(24)21-17)9-13-7-14(8-19)22(4)12(13)3/h7,11H,5-6,9-10H2,1-4H3,(H,20,21,24). The van der Waals surface area contributed by atoms with Gasteiger partial charge >= 0.3 is 0 Å². The van der Waals surface area contributed by atoms with E-state index in [4.69, 9.17) is 5.26 Å². The molecule has 24 heavy (non-hydrogen) atoms. The average molecular weight is 325 g/mol. The largest absolute Gasteiger partial charge is 0.340 e. The van der Waals surface area contributed by atoms with Crippen molar-refractivity contribution in [1.82, 2.24) is 19.4 Å². The van der Waals surface area contributed by atoms with Crippen LogP contribution in [-0.4, -0.2) is 26.0 Å². The van der Waals surface area contributed by atoms with Crippen molar-refractivity contribution in [1.29, 1.82) is 5.26 Å². The van der Waals surface area contributed by atoms with Crippen molar-refractivity contribution in [3.05, 3.63) is 50.5 Å². The predicted octanol–water partition coefficient (Wildman–Crippen LogP) is 1.97. The van der Waals surface area contributed by atoms with E-state index in [-0.39, 0.29) is 11.5 Å². The number of aromatic amines is 1. The molecule has 0 saturated heterocycles. The third-order valence-electron chi connectivity index (χ3n) is 4.86. The highest BCUT2D eigenvalue weighted by Gasteiger charge is 2.23. The zero-order valence-electron chi connectivity index (χ0n) is 14.7. The summed E-state index contributed by atoms with van der Waals surface area (Å²) in [5.74, 6) is 0.988. The minimum Gasteiger partial charge on any atom is -0.340 e. The van der Waals surface area contributed by atoms with Gasteiger partial charge in [0.05, 0.1) is 11.3 Å². The van der Waals surface area contributed by atoms with E-state index in [1.807, 2.05) is 38.5 Å². The number of aromatic nitrogens is 3. The summed E-state index contributed by atoms with van der Waals surface area (Å²) in [4.78, 5) is 22.2. The molecule has 6 nitrogen and oxygen atoms in total. The first-order valence-corrected chi connectivity index (χ1v) is 8.30. The maximum Gasteiger partial charge on any atom is 0.255 e. The molecule has 0 aromatic carbocycles. The van der Waals surface area contributed by atoms with Crippen LogP contribution in [0.3, 0.4) is 0 Å². The van der Waals surface area contributed by atoms with Gasteiger partial charge < -0.3 is 9.55 Å². The van der Waals surface area contributed by atoms with Crippen LogP contribution >= 0.6 is 0 Å². The van der Waals surface area contributed by atoms with E-state index in [2.05, 4.69) is 20.9 Å². The summed E-state index contributed by atoms with van der Waals surface area (Å²) in [7, 11) is 1.91. The summed E-state index contributed by atoms with van der Waals surface area (Å²) >= 11 is 0. The highest BCUT2D eigenvalue weighted by molar-refractivity contribution is 5.34. The van der Waals surface area contributed by atoms with Crippen LogP contribution in [-0.2, 0) is 26.6 Å². The monoisotopic (exact) mass is 325 g/mol. The Bertz CT molecular complexity index is 869. The molecule has 2 aromatic heterocycles. The van der Waals surface area contributed by atoms with Gasteiger partial charge in [-0.2, -0.15) is 5.26 Å². The van der Waals surface area contributed by atoms with Gasteiger partial charge in [0.2, 0.25) is 0 Å². The van der Waals surface area contributed by atoms with Gasteiger partial charge in [0.1, 0.15) is 17.6 Å². The van der Waals surface area contributed by atoms with E-state index < -0.39 is 0 Å². The predicted molar refractivity (Wildman–Crippen MR) is 91.6 cm³/mol. The van der Waals surface area contributed by atoms with Gasteiger partial charge in [0, 0.05) is 44.7 Å². The van der Waals surface area contributed by atoms with Gasteiger partial charge in [-0.15, -0.1) is 0 Å². The van der Waals surface area contributed by atoms with Crippen molar-refractivity contribution in [2.75, 3.05) is 6.54 Å². The first kappa shape index (κ1) is 16.5. The molecule has 3 heterocycles. The second kappa shape index (κ2) is 6.25. The van der Waals surface area contributed by atoms with Crippen LogP contribution in [0.5, 0.6) is 0 Å². The topological polar surface area (TPSA) is 77.7 Å². The van der Waals surface area contributed by atoms with Crippen LogP contribution in [0.2, 0.25) is 0 Å². The van der Waals surface area contributed by atoms with E-state index in [1.54, 1.807) is 0 Å². The maximum absolute atomic E-state index is 12.4. The first-order chi connectivity index (χ1) is 11.4. The molecule has 0 amide bonds. The number of fused-ring (bicyclic) bond motifs is 1. The van der Waals surface area contributed by atoms with Crippen LogP contribution in [0.1, 0.15) is 53.8 Å². The van der Waals surface area contributed by atoms with Crippen LogP contribution < -0.4 is 5.56 Å². The van der Waals surface area contributed by atoms with Crippen LogP contribution in [0.4, 0.5) is 0 Å². The van der Waals surface area contributed by atoms with Crippen molar-refractivity contribution in [2.24, 2.45) is 7.05 Å². The third kappa shape index (κ3) is 2.87. The summed E-state index contributed by atoms with van der Waals surface area (Å²) in [5.41, 5.74) is 4.60. The van der Waals surface area contributed by atoms with Gasteiger partial charge in [-0.05, 0) is 18.6 Å². The molecule has 0 bridgehead atoms. The van der Waals surface area contributed by atoms with Gasteiger partial charge in [0.15, 0.2) is 0 Å². The van der Waals surface area contributed by atoms with Gasteiger partial charge in [-0.3, -0.25) is 9.69 Å². The molecule has 126 valence electrons. The van der Waals surface area contributed by atoms with Gasteiger partial charge in [0.25, 0.3) is 5.56 Å². The van der Waals surface area contributed by atoms with Gasteiger partial charge in [-0.25, -0.2) is 4.98 Å². The van der Waals surface area contributed by atoms with Crippen molar-refractivity contribution in [3.63, 3.8) is 0 Å². The Hall–Kier alpha value is -2.39. The van der Waals surface area contributed by atoms with E-state index in [0.717, 1.165) is 47.8 Å². The van der Waals surface area contributed by atoms with Crippen LogP contribution in [0, 0.1) is 18.3 Å². The van der Waals surface area contributed by atoms with E-state index >= 15 is 0 Å². The highest BCUT2D eigenvalue weighted by Crippen LogP contribution is 2.21. The Kier molecular flexibility index (Phi) is 4.29. The number of nitrogens with one attached hydrogen (secondary N) is 1. The minimum atomic E-state index is -0.0177. The first-order valence-electron chi connectivity index (χ1n) is 8.30. The van der Waals surface area contributed by atoms with Crippen molar-refractivity contribution >= 4 is 0 Å². The number of H-pyrrole nitrogens is 1. The highest BCUT2D eigenvalue weighted by atomic mass is 16.1. The summed E-state index contributed by atoms with van der Waals surface area (Å²) in [6, 6.07) is 4.15. The third-order valence-corrected chi connectivity index (χ3v) is 4.86. The summed E-state index contributed by atoms with van der Waals surface area (Å²) in [6.45, 7) is 8.31. The summed E-state index contributed by atoms with van der Waals surface area (Å²) in [5, 5.41) is 9.16. The maximum atomic E-state index is 12.4. The number of nitrogens with zero attached hydrogens (tertiary/aromatic N) is 4. The molecule has 0 radical (unpaired) electrons. The lowest BCUT2D eigenvalue weighted by Gasteiger charge is -2.28. The molecular weight excluding hydrogens is 302 g/mol. The molecule has 3 rings (SSSR count). The number of hydrogen-bond donors (Lipinski definition) is 1. The summed E-state index contributed by atoms with van der Waals surface area (Å²) < 4.78 is 1.91. The Morgan fingerprint density at radius 2 is 2.21 bits per heavy atom. The van der Waals surface area contributed by atoms with Crippen molar-refractivity contribution < 1.29 is 0 Å². The van der Waals surface area contributed by atoms with Crippen LogP contribution in [0.25, 0.3) is 0 Å². The van der Waals surface area contributed by atoms with E-state index in [1.165, 1.54) is 0 Å². The molecule has 6 heteroatoms. The second-order valence-corrected chi connectivity index (χ2v) is 6.80. The number of nitriles is 1. The van der Waals surface area contributed by atoms with E-state index in [9.17, 15) is 4.79 Å². The zero-order valence-corrected chi connectivity index (χ0v) is 14.7. The lowest BCUT2D eigenvalue weighted by molar-refractivity contribution is 0.241. The normalized spacial score (nSPS) is 14.7.